The van der Waals surface area contributed by atoms with Crippen LogP contribution in [-0.2, 0) is 30.3 Å². The first-order valence-electron chi connectivity index (χ1n) is 8.85. The van der Waals surface area contributed by atoms with Gasteiger partial charge in [0.15, 0.2) is 6.61 Å². The largest absolute Gasteiger partial charge is 0.467 e. The summed E-state index contributed by atoms with van der Waals surface area (Å²) in [7, 11) is 2.65. The molecule has 3 N–H and O–H groups in total. The van der Waals surface area contributed by atoms with Crippen molar-refractivity contribution in [2.24, 2.45) is 5.16 Å². The van der Waals surface area contributed by atoms with E-state index in [4.69, 9.17) is 14.3 Å². The van der Waals surface area contributed by atoms with E-state index in [-0.39, 0.29) is 12.1 Å². The lowest BCUT2D eigenvalue weighted by Crippen LogP contribution is -2.44. The highest BCUT2D eigenvalue weighted by Gasteiger charge is 2.24. The molecule has 0 spiro atoms. The molecule has 29 heavy (non-hydrogen) atoms. The number of methoxy groups -OCH3 is 2. The van der Waals surface area contributed by atoms with Crippen LogP contribution in [0.5, 0.6) is 0 Å². The van der Waals surface area contributed by atoms with Crippen molar-refractivity contribution >= 4 is 41.1 Å². The fraction of sp³-hybridized carbons (Fsp3) is 0.421. The fourth-order valence-corrected chi connectivity index (χ4v) is 2.89. The Kier molecular flexibility index (Phi) is 8.50. The first-order chi connectivity index (χ1) is 13.9. The van der Waals surface area contributed by atoms with E-state index in [0.29, 0.717) is 0 Å². The summed E-state index contributed by atoms with van der Waals surface area (Å²) in [6.45, 7) is 1.08. The number of thiol groups is 1. The predicted octanol–water partition coefficient (Wildman–Crippen LogP) is 1.02. The molecule has 2 aromatic rings. The molecule has 3 atom stereocenters. The van der Waals surface area contributed by atoms with Gasteiger partial charge in [0, 0.05) is 30.6 Å². The van der Waals surface area contributed by atoms with Crippen LogP contribution in [0.15, 0.2) is 35.6 Å². The van der Waals surface area contributed by atoms with Gasteiger partial charge < -0.3 is 29.7 Å². The van der Waals surface area contributed by atoms with E-state index < -0.39 is 36.1 Å². The van der Waals surface area contributed by atoms with Crippen LogP contribution < -0.4 is 5.32 Å². The maximum Gasteiger partial charge on any atom is 0.328 e. The summed E-state index contributed by atoms with van der Waals surface area (Å²) in [5.41, 5.74) is 1.23. The smallest absolute Gasteiger partial charge is 0.328 e. The fourth-order valence-electron chi connectivity index (χ4n) is 2.67. The minimum atomic E-state index is -1.09. The lowest BCUT2D eigenvalue weighted by atomic mass is 10.0. The topological polar surface area (TPSA) is 122 Å². The number of rotatable bonds is 10. The van der Waals surface area contributed by atoms with Gasteiger partial charge in [-0.2, -0.15) is 0 Å². The SMILES string of the molecule is COC(=O)[C@H](Cc1c[nH]c2ccccc12)NC(=O)CO/N=C(\C)[C@H](O)[C@H](S)OC. The van der Waals surface area contributed by atoms with Crippen LogP contribution in [0.1, 0.15) is 12.5 Å². The number of aromatic nitrogens is 1. The number of hydrogen-bond donors (Lipinski definition) is 4. The van der Waals surface area contributed by atoms with Crippen LogP contribution >= 0.6 is 12.6 Å². The van der Waals surface area contributed by atoms with Gasteiger partial charge in [0.1, 0.15) is 17.6 Å². The lowest BCUT2D eigenvalue weighted by molar-refractivity contribution is -0.145. The molecular weight excluding hydrogens is 398 g/mol. The molecule has 1 amide bonds. The first-order valence-corrected chi connectivity index (χ1v) is 9.36. The number of amides is 1. The van der Waals surface area contributed by atoms with Gasteiger partial charge in [-0.1, -0.05) is 23.4 Å². The normalized spacial score (nSPS) is 14.9. The van der Waals surface area contributed by atoms with E-state index in [9.17, 15) is 14.7 Å². The maximum absolute atomic E-state index is 12.2. The zero-order chi connectivity index (χ0) is 21.4. The van der Waals surface area contributed by atoms with Crippen LogP contribution in [-0.4, -0.2) is 66.1 Å². The number of nitrogens with one attached hydrogen (secondary N) is 2. The zero-order valence-corrected chi connectivity index (χ0v) is 17.3. The summed E-state index contributed by atoms with van der Waals surface area (Å²) in [5, 5.41) is 17.1. The number of benzene rings is 1. The van der Waals surface area contributed by atoms with Gasteiger partial charge in [-0.25, -0.2) is 4.79 Å². The quantitative estimate of drug-likeness (QED) is 0.149. The number of aromatic amines is 1. The molecule has 0 saturated heterocycles. The van der Waals surface area contributed by atoms with Gasteiger partial charge in [-0.3, -0.25) is 4.79 Å². The third kappa shape index (κ3) is 6.21. The van der Waals surface area contributed by atoms with Crippen molar-refractivity contribution in [3.63, 3.8) is 0 Å². The third-order valence-electron chi connectivity index (χ3n) is 4.26. The number of nitrogens with zero attached hydrogens (tertiary/aromatic N) is 1. The Labute approximate surface area is 173 Å². The molecule has 1 aromatic heterocycles. The van der Waals surface area contributed by atoms with Gasteiger partial charge in [-0.15, -0.1) is 12.6 Å². The Morgan fingerprint density at radius 2 is 2.03 bits per heavy atom. The van der Waals surface area contributed by atoms with Crippen molar-refractivity contribution in [2.45, 2.75) is 30.9 Å². The van der Waals surface area contributed by atoms with E-state index in [2.05, 4.69) is 28.1 Å². The second kappa shape index (κ2) is 10.8. The van der Waals surface area contributed by atoms with Crippen molar-refractivity contribution in [3.8, 4) is 0 Å². The number of hydrogen-bond acceptors (Lipinski definition) is 8. The third-order valence-corrected chi connectivity index (χ3v) is 4.76. The molecule has 0 radical (unpaired) electrons. The number of oxime groups is 1. The molecule has 0 aliphatic heterocycles. The van der Waals surface area contributed by atoms with Crippen LogP contribution in [0.25, 0.3) is 10.9 Å². The monoisotopic (exact) mass is 423 g/mol. The average molecular weight is 423 g/mol. The first kappa shape index (κ1) is 22.7. The highest BCUT2D eigenvalue weighted by molar-refractivity contribution is 7.80. The summed E-state index contributed by atoms with van der Waals surface area (Å²) in [5.74, 6) is -1.13. The van der Waals surface area contributed by atoms with E-state index in [1.165, 1.54) is 21.1 Å². The van der Waals surface area contributed by atoms with Gasteiger partial charge in [0.25, 0.3) is 5.91 Å². The van der Waals surface area contributed by atoms with Crippen LogP contribution in [0.4, 0.5) is 0 Å². The molecular formula is C19H25N3O6S. The number of para-hydroxylation sites is 1. The molecule has 0 aliphatic carbocycles. The maximum atomic E-state index is 12.2. The molecule has 1 heterocycles. The minimum Gasteiger partial charge on any atom is -0.467 e. The molecule has 0 bridgehead atoms. The standard InChI is InChI=1S/C19H25N3O6S/c1-11(17(24)19(29)27-3)22-28-10-16(23)21-15(18(25)26-2)8-12-9-20-14-7-5-4-6-13(12)14/h4-7,9,15,17,19-20,24,29H,8,10H2,1-3H3,(H,21,23)/b22-11+/t15-,17-,19-/m0/s1. The number of aliphatic hydroxyl groups excluding tert-OH is 1. The van der Waals surface area contributed by atoms with E-state index >= 15 is 0 Å². The number of fused-ring (bicyclic) bond motifs is 1. The van der Waals surface area contributed by atoms with Gasteiger partial charge >= 0.3 is 5.97 Å². The highest BCUT2D eigenvalue weighted by atomic mass is 32.1. The van der Waals surface area contributed by atoms with Crippen molar-refractivity contribution in [1.29, 1.82) is 0 Å². The molecule has 1 aromatic carbocycles. The molecule has 9 nitrogen and oxygen atoms in total. The lowest BCUT2D eigenvalue weighted by Gasteiger charge is -2.17. The van der Waals surface area contributed by atoms with Gasteiger partial charge in [-0.05, 0) is 18.6 Å². The van der Waals surface area contributed by atoms with E-state index in [1.54, 1.807) is 6.20 Å². The number of carbonyl (C=O) groups is 2. The highest BCUT2D eigenvalue weighted by Crippen LogP contribution is 2.19. The Morgan fingerprint density at radius 1 is 1.31 bits per heavy atom. The van der Waals surface area contributed by atoms with E-state index in [0.717, 1.165) is 16.5 Å². The number of esters is 1. The minimum absolute atomic E-state index is 0.197. The Morgan fingerprint density at radius 3 is 2.72 bits per heavy atom. The Bertz CT molecular complexity index is 869. The second-order valence-corrected chi connectivity index (χ2v) is 6.79. The Hall–Kier alpha value is -2.56. The number of aliphatic hydroxyl groups is 1. The van der Waals surface area contributed by atoms with Crippen molar-refractivity contribution in [3.05, 3.63) is 36.0 Å². The summed E-state index contributed by atoms with van der Waals surface area (Å²) in [4.78, 5) is 32.4. The van der Waals surface area contributed by atoms with Gasteiger partial charge in [0.2, 0.25) is 0 Å². The molecule has 0 unspecified atom stereocenters. The molecule has 0 fully saturated rings. The van der Waals surface area contributed by atoms with Crippen LogP contribution in [0.3, 0.4) is 0 Å². The summed E-state index contributed by atoms with van der Waals surface area (Å²) in [6, 6.07) is 6.76. The predicted molar refractivity (Wildman–Crippen MR) is 111 cm³/mol. The number of ether oxygens (including phenoxy) is 2. The van der Waals surface area contributed by atoms with Crippen molar-refractivity contribution in [2.75, 3.05) is 20.8 Å². The van der Waals surface area contributed by atoms with Gasteiger partial charge in [0.05, 0.1) is 12.8 Å². The summed E-state index contributed by atoms with van der Waals surface area (Å²) < 4.78 is 9.68. The molecule has 0 aliphatic rings. The number of carbonyl (C=O) groups excluding carboxylic acids is 2. The zero-order valence-electron chi connectivity index (χ0n) is 16.4. The van der Waals surface area contributed by atoms with E-state index in [1.807, 2.05) is 24.3 Å². The average Bonchev–Trinajstić information content (AvgIpc) is 3.14. The second-order valence-electron chi connectivity index (χ2n) is 6.28. The van der Waals surface area contributed by atoms with Crippen molar-refractivity contribution in [1.82, 2.24) is 10.3 Å². The molecule has 2 rings (SSSR count). The van der Waals surface area contributed by atoms with Crippen LogP contribution in [0.2, 0.25) is 0 Å². The summed E-state index contributed by atoms with van der Waals surface area (Å²) >= 11 is 4.03. The molecule has 10 heteroatoms. The summed E-state index contributed by atoms with van der Waals surface area (Å²) in [6.07, 6.45) is 0.955. The molecule has 0 saturated carbocycles. The Balaban J connectivity index is 1.97. The van der Waals surface area contributed by atoms with Crippen molar-refractivity contribution < 1.29 is 29.0 Å². The number of H-pyrrole nitrogens is 1. The van der Waals surface area contributed by atoms with Crippen LogP contribution in [0, 0.1) is 0 Å². The molecule has 158 valence electrons.